The van der Waals surface area contributed by atoms with Crippen molar-refractivity contribution < 1.29 is 18.0 Å². The van der Waals surface area contributed by atoms with Crippen molar-refractivity contribution >= 4 is 59.7 Å². The van der Waals surface area contributed by atoms with Gasteiger partial charge in [0.2, 0.25) is 15.9 Å². The van der Waals surface area contributed by atoms with Gasteiger partial charge >= 0.3 is 0 Å². The lowest BCUT2D eigenvalue weighted by Gasteiger charge is -2.30. The first-order valence-electron chi connectivity index (χ1n) is 13.4. The SMILES string of the molecule is CC(=O)N1CCc2c(sc(NC(=O)c3ccc(S(=O)(=O)N4CCC[C@@H](C)C4)cc3)c2-c2nc3ccccc3s2)C1. The average Bonchev–Trinajstić information content (AvgIpc) is 3.53. The number of anilines is 1. The summed E-state index contributed by atoms with van der Waals surface area (Å²) in [5, 5.41) is 4.61. The fourth-order valence-electron chi connectivity index (χ4n) is 5.43. The minimum atomic E-state index is -3.60. The smallest absolute Gasteiger partial charge is 0.256 e. The molecule has 4 aromatic rings. The van der Waals surface area contributed by atoms with Gasteiger partial charge in [-0.25, -0.2) is 13.4 Å². The summed E-state index contributed by atoms with van der Waals surface area (Å²) >= 11 is 3.06. The number of nitrogens with zero attached hydrogens (tertiary/aromatic N) is 3. The molecule has 11 heteroatoms. The monoisotopic (exact) mass is 594 g/mol. The number of thiazole rings is 1. The van der Waals surface area contributed by atoms with Gasteiger partial charge in [-0.15, -0.1) is 22.7 Å². The van der Waals surface area contributed by atoms with Gasteiger partial charge in [-0.1, -0.05) is 19.1 Å². The normalized spacial score (nSPS) is 18.1. The maximum Gasteiger partial charge on any atom is 0.256 e. The summed E-state index contributed by atoms with van der Waals surface area (Å²) in [6.07, 6.45) is 2.57. The van der Waals surface area contributed by atoms with E-state index in [0.29, 0.717) is 49.1 Å². The summed E-state index contributed by atoms with van der Waals surface area (Å²) in [4.78, 5) is 33.4. The standard InChI is InChI=1S/C29H30N4O4S3/c1-18-6-5-14-33(16-18)40(36,37)21-11-9-20(10-12-21)27(35)31-29-26(28-30-23-7-3-4-8-24(23)38-28)22-13-15-32(19(2)34)17-25(22)39-29/h3-4,7-12,18H,5-6,13-17H2,1-2H3,(H,31,35)/t18-/m1/s1. The predicted molar refractivity (Wildman–Crippen MR) is 159 cm³/mol. The molecular weight excluding hydrogens is 565 g/mol. The molecule has 2 aromatic heterocycles. The largest absolute Gasteiger partial charge is 0.337 e. The molecule has 1 atom stereocenters. The molecule has 0 aliphatic carbocycles. The van der Waals surface area contributed by atoms with Crippen LogP contribution in [0, 0.1) is 5.92 Å². The zero-order valence-corrected chi connectivity index (χ0v) is 24.8. The summed E-state index contributed by atoms with van der Waals surface area (Å²) in [5.41, 5.74) is 3.31. The molecule has 2 aliphatic rings. The Balaban J connectivity index is 1.30. The van der Waals surface area contributed by atoms with Crippen molar-refractivity contribution in [2.45, 2.75) is 44.6 Å². The van der Waals surface area contributed by atoms with Crippen molar-refractivity contribution in [1.29, 1.82) is 0 Å². The third kappa shape index (κ3) is 5.07. The highest BCUT2D eigenvalue weighted by Gasteiger charge is 2.30. The van der Waals surface area contributed by atoms with E-state index in [4.69, 9.17) is 4.98 Å². The minimum Gasteiger partial charge on any atom is -0.337 e. The number of thiophene rings is 1. The molecule has 0 bridgehead atoms. The number of para-hydroxylation sites is 1. The van der Waals surface area contributed by atoms with Gasteiger partial charge in [0.15, 0.2) is 0 Å². The lowest BCUT2D eigenvalue weighted by molar-refractivity contribution is -0.129. The fraction of sp³-hybridized carbons (Fsp3) is 0.345. The number of amides is 2. The van der Waals surface area contributed by atoms with Crippen LogP contribution in [0.1, 0.15) is 47.5 Å². The van der Waals surface area contributed by atoms with E-state index in [2.05, 4.69) is 12.2 Å². The van der Waals surface area contributed by atoms with E-state index >= 15 is 0 Å². The highest BCUT2D eigenvalue weighted by molar-refractivity contribution is 7.89. The van der Waals surface area contributed by atoms with Crippen molar-refractivity contribution in [2.24, 2.45) is 5.92 Å². The molecule has 1 fully saturated rings. The number of piperidine rings is 1. The highest BCUT2D eigenvalue weighted by Crippen LogP contribution is 2.45. The van der Waals surface area contributed by atoms with Crippen molar-refractivity contribution in [3.05, 3.63) is 64.5 Å². The second-order valence-electron chi connectivity index (χ2n) is 10.5. The molecule has 0 radical (unpaired) electrons. The molecule has 4 heterocycles. The number of aromatic nitrogens is 1. The second-order valence-corrected chi connectivity index (χ2v) is 14.5. The van der Waals surface area contributed by atoms with Crippen LogP contribution < -0.4 is 5.32 Å². The molecule has 2 aliphatic heterocycles. The molecule has 0 unspecified atom stereocenters. The number of fused-ring (bicyclic) bond motifs is 2. The molecule has 2 amide bonds. The zero-order valence-electron chi connectivity index (χ0n) is 22.3. The average molecular weight is 595 g/mol. The highest BCUT2D eigenvalue weighted by atomic mass is 32.2. The van der Waals surface area contributed by atoms with Gasteiger partial charge in [0, 0.05) is 42.6 Å². The molecule has 1 saturated heterocycles. The van der Waals surface area contributed by atoms with Crippen LogP contribution in [-0.4, -0.2) is 54.1 Å². The van der Waals surface area contributed by atoms with E-state index in [1.807, 2.05) is 29.2 Å². The first kappa shape index (κ1) is 27.1. The molecule has 0 spiro atoms. The summed E-state index contributed by atoms with van der Waals surface area (Å²) in [6, 6.07) is 14.1. The lowest BCUT2D eigenvalue weighted by atomic mass is 10.0. The lowest BCUT2D eigenvalue weighted by Crippen LogP contribution is -2.39. The van der Waals surface area contributed by atoms with E-state index < -0.39 is 10.0 Å². The summed E-state index contributed by atoms with van der Waals surface area (Å²) in [6.45, 7) is 5.81. The van der Waals surface area contributed by atoms with Crippen LogP contribution in [0.25, 0.3) is 20.8 Å². The number of benzene rings is 2. The predicted octanol–water partition coefficient (Wildman–Crippen LogP) is 5.60. The molecule has 8 nitrogen and oxygen atoms in total. The zero-order chi connectivity index (χ0) is 28.0. The van der Waals surface area contributed by atoms with Gasteiger partial charge in [0.05, 0.1) is 21.7 Å². The van der Waals surface area contributed by atoms with E-state index in [9.17, 15) is 18.0 Å². The van der Waals surface area contributed by atoms with Crippen LogP contribution in [0.4, 0.5) is 5.00 Å². The Morgan fingerprint density at radius 3 is 2.55 bits per heavy atom. The molecule has 1 N–H and O–H groups in total. The summed E-state index contributed by atoms with van der Waals surface area (Å²) in [7, 11) is -3.60. The molecule has 40 heavy (non-hydrogen) atoms. The van der Waals surface area contributed by atoms with Crippen LogP contribution in [0.15, 0.2) is 53.4 Å². The Kier molecular flexibility index (Phi) is 7.24. The van der Waals surface area contributed by atoms with E-state index in [-0.39, 0.29) is 16.7 Å². The molecule has 2 aromatic carbocycles. The van der Waals surface area contributed by atoms with Gasteiger partial charge in [-0.05, 0) is 67.1 Å². The Morgan fingerprint density at radius 1 is 1.05 bits per heavy atom. The number of hydrogen-bond acceptors (Lipinski definition) is 7. The van der Waals surface area contributed by atoms with Crippen LogP contribution in [0.5, 0.6) is 0 Å². The molecule has 6 rings (SSSR count). The summed E-state index contributed by atoms with van der Waals surface area (Å²) in [5.74, 6) is 0.0393. The number of rotatable bonds is 5. The number of carbonyl (C=O) groups excluding carboxylic acids is 2. The maximum atomic E-state index is 13.4. The first-order chi connectivity index (χ1) is 19.2. The summed E-state index contributed by atoms with van der Waals surface area (Å²) < 4.78 is 28.9. The third-order valence-corrected chi connectivity index (χ3v) is 11.7. The van der Waals surface area contributed by atoms with Crippen molar-refractivity contribution in [3.63, 3.8) is 0 Å². The third-order valence-electron chi connectivity index (χ3n) is 7.61. The van der Waals surface area contributed by atoms with Crippen LogP contribution in [0.3, 0.4) is 0 Å². The van der Waals surface area contributed by atoms with Crippen LogP contribution in [-0.2, 0) is 27.8 Å². The number of sulfonamides is 1. The Bertz CT molecular complexity index is 1680. The van der Waals surface area contributed by atoms with Gasteiger partial charge in [0.25, 0.3) is 5.91 Å². The van der Waals surface area contributed by atoms with Crippen molar-refractivity contribution in [2.75, 3.05) is 25.0 Å². The van der Waals surface area contributed by atoms with E-state index in [1.165, 1.54) is 23.5 Å². The second kappa shape index (κ2) is 10.7. The van der Waals surface area contributed by atoms with Gasteiger partial charge < -0.3 is 10.2 Å². The number of carbonyl (C=O) groups is 2. The minimum absolute atomic E-state index is 0.0280. The topological polar surface area (TPSA) is 99.7 Å². The van der Waals surface area contributed by atoms with Crippen molar-refractivity contribution in [3.8, 4) is 10.6 Å². The quantitative estimate of drug-likeness (QED) is 0.324. The Labute approximate surface area is 241 Å². The molecule has 0 saturated carbocycles. The first-order valence-corrected chi connectivity index (χ1v) is 16.5. The van der Waals surface area contributed by atoms with Gasteiger partial charge in [-0.3, -0.25) is 9.59 Å². The van der Waals surface area contributed by atoms with Crippen LogP contribution >= 0.6 is 22.7 Å². The number of hydrogen-bond donors (Lipinski definition) is 1. The van der Waals surface area contributed by atoms with E-state index in [0.717, 1.165) is 44.1 Å². The van der Waals surface area contributed by atoms with Crippen molar-refractivity contribution in [1.82, 2.24) is 14.2 Å². The fourth-order valence-corrected chi connectivity index (χ4v) is 9.40. The molecule has 208 valence electrons. The molecular formula is C29H30N4O4S3. The van der Waals surface area contributed by atoms with Gasteiger partial charge in [-0.2, -0.15) is 4.31 Å². The Morgan fingerprint density at radius 2 is 1.82 bits per heavy atom. The Hall–Kier alpha value is -3.12. The number of nitrogens with one attached hydrogen (secondary N) is 1. The van der Waals surface area contributed by atoms with Crippen LogP contribution in [0.2, 0.25) is 0 Å². The van der Waals surface area contributed by atoms with Gasteiger partial charge in [0.1, 0.15) is 10.0 Å². The maximum absolute atomic E-state index is 13.4. The van der Waals surface area contributed by atoms with E-state index in [1.54, 1.807) is 34.7 Å².